The molecule has 5 heteroatoms. The average Bonchev–Trinajstić information content (AvgIpc) is 3.17. The van der Waals surface area contributed by atoms with Crippen LogP contribution in [0.4, 0.5) is 4.39 Å². The van der Waals surface area contributed by atoms with Crippen LogP contribution in [0.25, 0.3) is 10.9 Å². The summed E-state index contributed by atoms with van der Waals surface area (Å²) in [4.78, 5) is 2.45. The number of aromatic amines is 1. The number of nitrogens with zero attached hydrogens (tertiary/aromatic N) is 2. The molecule has 0 radical (unpaired) electrons. The second-order valence-corrected chi connectivity index (χ2v) is 7.64. The Bertz CT molecular complexity index is 869. The van der Waals surface area contributed by atoms with Gasteiger partial charge in [-0.25, -0.2) is 4.39 Å². The molecule has 1 saturated heterocycles. The first-order valence-electron chi connectivity index (χ1n) is 9.75. The Kier molecular flexibility index (Phi) is 5.50. The highest BCUT2D eigenvalue weighted by Gasteiger charge is 2.20. The van der Waals surface area contributed by atoms with Crippen molar-refractivity contribution in [3.05, 3.63) is 65.6 Å². The number of hydrogen-bond donors (Lipinski definition) is 2. The zero-order valence-corrected chi connectivity index (χ0v) is 15.4. The van der Waals surface area contributed by atoms with Gasteiger partial charge < -0.3 is 10.0 Å². The Morgan fingerprint density at radius 2 is 1.93 bits per heavy atom. The van der Waals surface area contributed by atoms with Gasteiger partial charge in [0.05, 0.1) is 17.8 Å². The van der Waals surface area contributed by atoms with Crippen molar-refractivity contribution in [2.45, 2.75) is 31.8 Å². The number of hydrogen-bond acceptors (Lipinski definition) is 3. The number of nitrogens with one attached hydrogen (secondary N) is 1. The first-order valence-corrected chi connectivity index (χ1v) is 9.75. The first-order chi connectivity index (χ1) is 13.2. The fraction of sp³-hybridized carbons (Fsp3) is 0.409. The van der Waals surface area contributed by atoms with E-state index in [4.69, 9.17) is 0 Å². The molecular weight excluding hydrogens is 341 g/mol. The van der Waals surface area contributed by atoms with E-state index >= 15 is 0 Å². The van der Waals surface area contributed by atoms with Gasteiger partial charge in [-0.3, -0.25) is 5.10 Å². The highest BCUT2D eigenvalue weighted by Crippen LogP contribution is 2.25. The molecule has 1 atom stereocenters. The van der Waals surface area contributed by atoms with Crippen LogP contribution in [-0.4, -0.2) is 39.8 Å². The molecule has 3 aromatic rings. The third-order valence-electron chi connectivity index (χ3n) is 5.71. The van der Waals surface area contributed by atoms with Gasteiger partial charge in [-0.05, 0) is 80.1 Å². The van der Waals surface area contributed by atoms with Gasteiger partial charge in [0.25, 0.3) is 0 Å². The van der Waals surface area contributed by atoms with Gasteiger partial charge in [-0.2, -0.15) is 5.10 Å². The van der Waals surface area contributed by atoms with Crippen molar-refractivity contribution in [1.29, 1.82) is 0 Å². The average molecular weight is 367 g/mol. The molecule has 0 bridgehead atoms. The summed E-state index contributed by atoms with van der Waals surface area (Å²) < 4.78 is 13.0. The fourth-order valence-electron chi connectivity index (χ4n) is 4.01. The summed E-state index contributed by atoms with van der Waals surface area (Å²) >= 11 is 0. The van der Waals surface area contributed by atoms with Crippen molar-refractivity contribution in [1.82, 2.24) is 15.1 Å². The molecule has 2 N–H and O–H groups in total. The lowest BCUT2D eigenvalue weighted by Gasteiger charge is -2.32. The number of rotatable bonds is 6. The Labute approximate surface area is 159 Å². The van der Waals surface area contributed by atoms with E-state index < -0.39 is 6.10 Å². The summed E-state index contributed by atoms with van der Waals surface area (Å²) in [5.41, 5.74) is 3.17. The maximum Gasteiger partial charge on any atom is 0.123 e. The van der Waals surface area contributed by atoms with E-state index in [-0.39, 0.29) is 5.82 Å². The van der Waals surface area contributed by atoms with E-state index in [2.05, 4.69) is 15.1 Å². The van der Waals surface area contributed by atoms with Crippen molar-refractivity contribution in [2.24, 2.45) is 5.92 Å². The number of likely N-dealkylation sites (tertiary alicyclic amines) is 1. The van der Waals surface area contributed by atoms with Gasteiger partial charge in [0.1, 0.15) is 5.82 Å². The summed E-state index contributed by atoms with van der Waals surface area (Å²) in [5, 5.41) is 18.5. The van der Waals surface area contributed by atoms with E-state index in [1.807, 2.05) is 30.3 Å². The van der Waals surface area contributed by atoms with Gasteiger partial charge in [-0.15, -0.1) is 0 Å². The Morgan fingerprint density at radius 1 is 1.15 bits per heavy atom. The summed E-state index contributed by atoms with van der Waals surface area (Å²) in [7, 11) is 0. The predicted octanol–water partition coefficient (Wildman–Crippen LogP) is 4.08. The van der Waals surface area contributed by atoms with Gasteiger partial charge in [0.2, 0.25) is 0 Å². The van der Waals surface area contributed by atoms with E-state index in [0.717, 1.165) is 61.8 Å². The van der Waals surface area contributed by atoms with Gasteiger partial charge in [0.15, 0.2) is 0 Å². The van der Waals surface area contributed by atoms with Crippen molar-refractivity contribution >= 4 is 10.9 Å². The fourth-order valence-corrected chi connectivity index (χ4v) is 4.01. The van der Waals surface area contributed by atoms with Crippen molar-refractivity contribution < 1.29 is 9.50 Å². The molecular formula is C22H26FN3O. The number of benzene rings is 2. The maximum atomic E-state index is 13.0. The lowest BCUT2D eigenvalue weighted by molar-refractivity contribution is 0.123. The van der Waals surface area contributed by atoms with Crippen LogP contribution in [-0.2, 0) is 6.42 Å². The molecule has 0 saturated carbocycles. The second kappa shape index (κ2) is 8.19. The normalized spacial score (nSPS) is 17.4. The molecule has 1 fully saturated rings. The van der Waals surface area contributed by atoms with E-state index in [9.17, 15) is 9.50 Å². The van der Waals surface area contributed by atoms with Crippen molar-refractivity contribution in [3.8, 4) is 0 Å². The lowest BCUT2D eigenvalue weighted by Crippen LogP contribution is -2.35. The number of H-pyrrole nitrogens is 1. The number of piperidine rings is 1. The zero-order chi connectivity index (χ0) is 18.6. The minimum atomic E-state index is -0.443. The number of halogens is 1. The van der Waals surface area contributed by atoms with Crippen molar-refractivity contribution in [2.75, 3.05) is 19.6 Å². The molecule has 4 rings (SSSR count). The third kappa shape index (κ3) is 4.54. The maximum absolute atomic E-state index is 13.0. The molecule has 1 unspecified atom stereocenters. The molecule has 27 heavy (non-hydrogen) atoms. The molecule has 1 aliphatic rings. The highest BCUT2D eigenvalue weighted by molar-refractivity contribution is 5.78. The summed E-state index contributed by atoms with van der Waals surface area (Å²) in [6.45, 7) is 3.05. The van der Waals surface area contributed by atoms with E-state index in [1.54, 1.807) is 18.3 Å². The van der Waals surface area contributed by atoms with Gasteiger partial charge in [-0.1, -0.05) is 18.2 Å². The molecule has 142 valence electrons. The number of aromatic nitrogens is 2. The minimum absolute atomic E-state index is 0.168. The van der Waals surface area contributed by atoms with Crippen LogP contribution in [0.15, 0.2) is 48.7 Å². The molecule has 0 spiro atoms. The van der Waals surface area contributed by atoms with Crippen molar-refractivity contribution in [3.63, 3.8) is 0 Å². The van der Waals surface area contributed by atoms with Crippen LogP contribution < -0.4 is 0 Å². The largest absolute Gasteiger partial charge is 0.388 e. The molecule has 2 aromatic carbocycles. The van der Waals surface area contributed by atoms with Crippen LogP contribution in [0.1, 0.15) is 36.5 Å². The van der Waals surface area contributed by atoms with Crippen LogP contribution in [0.2, 0.25) is 0 Å². The number of fused-ring (bicyclic) bond motifs is 1. The van der Waals surface area contributed by atoms with Crippen LogP contribution >= 0.6 is 0 Å². The van der Waals surface area contributed by atoms with E-state index in [1.165, 1.54) is 5.56 Å². The smallest absolute Gasteiger partial charge is 0.123 e. The Balaban J connectivity index is 1.23. The molecule has 2 heterocycles. The zero-order valence-electron chi connectivity index (χ0n) is 15.4. The first kappa shape index (κ1) is 18.1. The summed E-state index contributed by atoms with van der Waals surface area (Å²) in [5.74, 6) is 0.499. The molecule has 1 aromatic heterocycles. The molecule has 0 amide bonds. The summed E-state index contributed by atoms with van der Waals surface area (Å²) in [6.07, 6.45) is 5.44. The van der Waals surface area contributed by atoms with Crippen LogP contribution in [0, 0.1) is 11.7 Å². The minimum Gasteiger partial charge on any atom is -0.388 e. The van der Waals surface area contributed by atoms with Gasteiger partial charge >= 0.3 is 0 Å². The van der Waals surface area contributed by atoms with Gasteiger partial charge in [0, 0.05) is 11.9 Å². The molecule has 1 aliphatic heterocycles. The molecule has 4 nitrogen and oxygen atoms in total. The Hall–Kier alpha value is -2.24. The quantitative estimate of drug-likeness (QED) is 0.690. The second-order valence-electron chi connectivity index (χ2n) is 7.64. The van der Waals surface area contributed by atoms with E-state index in [0.29, 0.717) is 5.92 Å². The monoisotopic (exact) mass is 367 g/mol. The highest BCUT2D eigenvalue weighted by atomic mass is 19.1. The SMILES string of the molecule is OC(CCN1CCC(Cc2ccc(F)cc2)CC1)c1ccc2[nH]ncc2c1. The third-order valence-corrected chi connectivity index (χ3v) is 5.71. The Morgan fingerprint density at radius 3 is 2.70 bits per heavy atom. The molecule has 0 aliphatic carbocycles. The van der Waals surface area contributed by atoms with Crippen LogP contribution in [0.5, 0.6) is 0 Å². The number of aliphatic hydroxyl groups is 1. The predicted molar refractivity (Wildman–Crippen MR) is 105 cm³/mol. The lowest BCUT2D eigenvalue weighted by atomic mass is 9.90. The topological polar surface area (TPSA) is 52.1 Å². The standard InChI is InChI=1S/C22H26FN3O/c23-20-4-1-16(2-5-20)13-17-7-10-26(11-8-17)12-9-22(27)18-3-6-21-19(14-18)15-24-25-21/h1-6,14-15,17,22,27H,7-13H2,(H,24,25). The summed E-state index contributed by atoms with van der Waals surface area (Å²) in [6, 6.07) is 12.9. The van der Waals surface area contributed by atoms with Crippen LogP contribution in [0.3, 0.4) is 0 Å². The number of aliphatic hydroxyl groups excluding tert-OH is 1.